The van der Waals surface area contributed by atoms with E-state index in [0.29, 0.717) is 24.7 Å². The van der Waals surface area contributed by atoms with Crippen molar-refractivity contribution in [2.24, 2.45) is 17.8 Å². The average molecular weight is 682 g/mol. The lowest BCUT2D eigenvalue weighted by atomic mass is 9.84. The number of hydrogen-bond acceptors (Lipinski definition) is 11. The molecule has 12 nitrogen and oxygen atoms in total. The number of allylic oxidation sites excluding steroid dienone is 6. The number of aliphatic hydroxyl groups excluding tert-OH is 2. The summed E-state index contributed by atoms with van der Waals surface area (Å²) in [6, 6.07) is 0. The van der Waals surface area contributed by atoms with Gasteiger partial charge in [-0.05, 0) is 51.5 Å². The maximum atomic E-state index is 14.0. The molecule has 5 bridgehead atoms. The van der Waals surface area contributed by atoms with E-state index < -0.39 is 59.4 Å². The van der Waals surface area contributed by atoms with Crippen LogP contribution in [0.1, 0.15) is 97.9 Å². The zero-order valence-corrected chi connectivity index (χ0v) is 29.5. The van der Waals surface area contributed by atoms with Gasteiger partial charge in [0.15, 0.2) is 18.2 Å². The van der Waals surface area contributed by atoms with Gasteiger partial charge in [0, 0.05) is 49.8 Å². The molecular weight excluding hydrogens is 634 g/mol. The molecule has 4 rings (SSSR count). The first kappa shape index (κ1) is 38.9. The minimum absolute atomic E-state index is 0.0329. The number of ketones is 2. The molecule has 3 unspecified atom stereocenters. The fraction of sp³-hybridized carbons (Fsp3) is 0.486. The second-order valence-corrected chi connectivity index (χ2v) is 12.9. The summed E-state index contributed by atoms with van der Waals surface area (Å²) < 4.78 is 24.3. The highest BCUT2D eigenvalue weighted by molar-refractivity contribution is 6.21. The van der Waals surface area contributed by atoms with Gasteiger partial charge in [-0.2, -0.15) is 0 Å². The molecule has 0 aromatic heterocycles. The van der Waals surface area contributed by atoms with Crippen molar-refractivity contribution in [1.29, 1.82) is 0 Å². The first-order chi connectivity index (χ1) is 23.1. The number of nitrogens with one attached hydrogen (secondary N) is 1. The summed E-state index contributed by atoms with van der Waals surface area (Å²) in [7, 11) is 1.00. The second-order valence-electron chi connectivity index (χ2n) is 12.9. The highest BCUT2D eigenvalue weighted by Gasteiger charge is 2.51. The quantitative estimate of drug-likeness (QED) is 0.292. The minimum Gasteiger partial charge on any atom is -0.483 e. The van der Waals surface area contributed by atoms with E-state index in [2.05, 4.69) is 5.32 Å². The molecule has 0 fully saturated rings. The van der Waals surface area contributed by atoms with Gasteiger partial charge in [-0.25, -0.2) is 0 Å². The molecule has 0 aliphatic carbocycles. The fourth-order valence-electron chi connectivity index (χ4n) is 6.19. The molecule has 49 heavy (non-hydrogen) atoms. The Bertz CT molecular complexity index is 1600. The van der Waals surface area contributed by atoms with Crippen molar-refractivity contribution in [1.82, 2.24) is 5.32 Å². The van der Waals surface area contributed by atoms with Gasteiger partial charge < -0.3 is 34.5 Å². The number of Topliss-reactive ketones (excluding diaryl/α,β-unsaturated/α-hetero) is 1. The Balaban J connectivity index is 0.00000319. The molecule has 3 N–H and O–H groups in total. The van der Waals surface area contributed by atoms with Crippen LogP contribution >= 0.6 is 0 Å². The van der Waals surface area contributed by atoms with Crippen LogP contribution in [0.3, 0.4) is 0 Å². The molecule has 1 aromatic rings. The van der Waals surface area contributed by atoms with Gasteiger partial charge in [0.2, 0.25) is 0 Å². The van der Waals surface area contributed by atoms with Crippen LogP contribution in [0.5, 0.6) is 11.5 Å². The predicted molar refractivity (Wildman–Crippen MR) is 180 cm³/mol. The minimum atomic E-state index is -1.88. The van der Waals surface area contributed by atoms with Crippen LogP contribution in [-0.2, 0) is 19.1 Å². The number of carbonyl (C=O) groups is 5. The van der Waals surface area contributed by atoms with Gasteiger partial charge in [-0.3, -0.25) is 24.0 Å². The molecule has 1 aromatic carbocycles. The Hall–Kier alpha value is -4.55. The van der Waals surface area contributed by atoms with E-state index in [0.717, 1.165) is 13.2 Å². The molecule has 0 saturated carbocycles. The molecule has 1 amide bonds. The topological polar surface area (TPSA) is 175 Å². The van der Waals surface area contributed by atoms with Crippen LogP contribution < -0.4 is 14.8 Å². The molecule has 3 heterocycles. The van der Waals surface area contributed by atoms with Crippen molar-refractivity contribution in [2.45, 2.75) is 92.3 Å². The molecule has 7 atom stereocenters. The lowest BCUT2D eigenvalue weighted by Gasteiger charge is -2.37. The maximum Gasteiger partial charge on any atom is 0.312 e. The highest BCUT2D eigenvalue weighted by atomic mass is 16.7. The number of benzene rings is 1. The van der Waals surface area contributed by atoms with Crippen molar-refractivity contribution >= 4 is 29.7 Å². The summed E-state index contributed by atoms with van der Waals surface area (Å²) >= 11 is 0. The smallest absolute Gasteiger partial charge is 0.312 e. The third-order valence-corrected chi connectivity index (χ3v) is 8.78. The predicted octanol–water partition coefficient (Wildman–Crippen LogP) is 4.70. The third-order valence-electron chi connectivity index (χ3n) is 8.78. The number of aliphatic hydroxyl groups is 2. The van der Waals surface area contributed by atoms with Gasteiger partial charge in [0.25, 0.3) is 11.7 Å². The zero-order valence-electron chi connectivity index (χ0n) is 29.5. The lowest BCUT2D eigenvalue weighted by molar-refractivity contribution is -0.162. The van der Waals surface area contributed by atoms with Gasteiger partial charge in [-0.15, -0.1) is 0 Å². The van der Waals surface area contributed by atoms with E-state index in [1.807, 2.05) is 26.8 Å². The number of carbonyl (C=O) groups excluding carboxylic acids is 5. The Kier molecular flexibility index (Phi) is 12.9. The van der Waals surface area contributed by atoms with Crippen LogP contribution in [0.2, 0.25) is 0 Å². The van der Waals surface area contributed by atoms with E-state index in [1.165, 1.54) is 27.0 Å². The molecule has 0 radical (unpaired) electrons. The number of esters is 1. The summed E-state index contributed by atoms with van der Waals surface area (Å²) in [6.45, 7) is 13.0. The maximum absolute atomic E-state index is 14.0. The van der Waals surface area contributed by atoms with E-state index in [9.17, 15) is 29.1 Å². The zero-order chi connectivity index (χ0) is 36.8. The van der Waals surface area contributed by atoms with Gasteiger partial charge in [0.1, 0.15) is 17.6 Å². The number of hydrogen-bond donors (Lipinski definition) is 3. The SMILES string of the molecule is CC(=O)OC1C2Oc3c(C)c4c(c(c3C=O)C(=O)/C=C(\C)NC(=O)/C(C)=C\C=C\C(C)C[C@@H](C)[C@H]2O)C(=O)[C@@](C)(O/C=C/C[C@H]1C)O4.CO. The van der Waals surface area contributed by atoms with Crippen molar-refractivity contribution in [3.8, 4) is 11.5 Å². The van der Waals surface area contributed by atoms with Crippen molar-refractivity contribution < 1.29 is 53.1 Å². The molecule has 0 spiro atoms. The van der Waals surface area contributed by atoms with E-state index >= 15 is 0 Å². The number of amides is 1. The monoisotopic (exact) mass is 681 g/mol. The van der Waals surface area contributed by atoms with Crippen LogP contribution in [0, 0.1) is 24.7 Å². The summed E-state index contributed by atoms with van der Waals surface area (Å²) in [5.74, 6) is -5.45. The summed E-state index contributed by atoms with van der Waals surface area (Å²) in [6.07, 6.45) is 7.10. The number of aldehydes is 1. The number of fused-ring (bicyclic) bond motifs is 4. The molecule has 0 saturated heterocycles. The van der Waals surface area contributed by atoms with Crippen LogP contribution in [-0.4, -0.2) is 71.2 Å². The van der Waals surface area contributed by atoms with Crippen molar-refractivity contribution in [3.05, 3.63) is 70.2 Å². The van der Waals surface area contributed by atoms with Crippen molar-refractivity contribution in [2.75, 3.05) is 7.11 Å². The molecule has 3 aliphatic heterocycles. The van der Waals surface area contributed by atoms with Crippen molar-refractivity contribution in [3.63, 3.8) is 0 Å². The van der Waals surface area contributed by atoms with Gasteiger partial charge >= 0.3 is 11.8 Å². The largest absolute Gasteiger partial charge is 0.483 e. The lowest BCUT2D eigenvalue weighted by Crippen LogP contribution is -2.50. The average Bonchev–Trinajstić information content (AvgIpc) is 3.30. The first-order valence-corrected chi connectivity index (χ1v) is 16.2. The summed E-state index contributed by atoms with van der Waals surface area (Å²) in [5, 5.41) is 21.6. The number of rotatable bonds is 2. The van der Waals surface area contributed by atoms with E-state index in [-0.39, 0.29) is 45.4 Å². The van der Waals surface area contributed by atoms with Gasteiger partial charge in [0.05, 0.1) is 29.1 Å². The Morgan fingerprint density at radius 2 is 1.73 bits per heavy atom. The van der Waals surface area contributed by atoms with Gasteiger partial charge in [-0.1, -0.05) is 39.0 Å². The molecule has 12 heteroatoms. The third kappa shape index (κ3) is 8.37. The standard InChI is InChI=1S/C36H43NO10.CH4O/c1-18-11-9-12-20(3)35(43)37-22(5)16-26(40)27-25(17-38)31-23(6)32-28(27)34(42)36(8,47-32)44-14-10-13-19(2)30(45-24(7)39)33(46-31)29(41)21(4)15-18;1-2/h9-12,14,16-19,21,29-30,33,41H,13,15H2,1-8H3,(H,37,43);2H,1H3/b11-9+,14-10+,20-12-,22-16+;/t18?,19-,21-,29-,30?,33?,36+;/m1./s1. The molecule has 266 valence electrons. The Morgan fingerprint density at radius 1 is 1.06 bits per heavy atom. The number of ether oxygens (including phenoxy) is 4. The Labute approximate surface area is 286 Å². The van der Waals surface area contributed by atoms with Crippen LogP contribution in [0.15, 0.2) is 47.9 Å². The summed E-state index contributed by atoms with van der Waals surface area (Å²) in [4.78, 5) is 66.2. The van der Waals surface area contributed by atoms with E-state index in [1.54, 1.807) is 32.1 Å². The first-order valence-electron chi connectivity index (χ1n) is 16.2. The van der Waals surface area contributed by atoms with Crippen LogP contribution in [0.4, 0.5) is 0 Å². The van der Waals surface area contributed by atoms with Crippen LogP contribution in [0.25, 0.3) is 0 Å². The molecule has 3 aliphatic rings. The Morgan fingerprint density at radius 3 is 2.37 bits per heavy atom. The summed E-state index contributed by atoms with van der Waals surface area (Å²) in [5.41, 5.74) is -0.00450. The molecular formula is C37H47NO11. The highest BCUT2D eigenvalue weighted by Crippen LogP contribution is 2.47. The van der Waals surface area contributed by atoms with E-state index in [4.69, 9.17) is 24.1 Å². The second kappa shape index (κ2) is 16.2. The normalized spacial score (nSPS) is 32.3. The fourth-order valence-corrected chi connectivity index (χ4v) is 6.19.